The average Bonchev–Trinajstić information content (AvgIpc) is 2.77. The first-order chi connectivity index (χ1) is 8.29. The molecule has 1 saturated carbocycles. The predicted molar refractivity (Wildman–Crippen MR) is 72.7 cm³/mol. The minimum Gasteiger partial charge on any atom is -0.392 e. The molecule has 4 nitrogen and oxygen atoms in total. The summed E-state index contributed by atoms with van der Waals surface area (Å²) in [5, 5.41) is 22.3. The molecule has 0 unspecified atom stereocenters. The van der Waals surface area contributed by atoms with Gasteiger partial charge in [-0.25, -0.2) is 0 Å². The number of aliphatic hydroxyl groups is 1. The third kappa shape index (κ3) is 3.69. The monoisotopic (exact) mass is 271 g/mol. The molecule has 0 amide bonds. The van der Waals surface area contributed by atoms with Crippen LogP contribution in [0.15, 0.2) is 17.0 Å². The zero-order valence-electron chi connectivity index (χ0n) is 9.63. The molecule has 6 heteroatoms. The van der Waals surface area contributed by atoms with E-state index in [4.69, 9.17) is 0 Å². The standard InChI is InChI=1S/C11H17N3OS2/c1-2-7-12-10-13-14-11(17-10)16-9-6-4-3-5-8(9)15/h2,8-9,15H,1,3-7H2,(H,12,13)/t8-,9-/m1/s1. The second-order valence-corrected chi connectivity index (χ2v) is 6.51. The van der Waals surface area contributed by atoms with Crippen molar-refractivity contribution < 1.29 is 5.11 Å². The van der Waals surface area contributed by atoms with Crippen LogP contribution < -0.4 is 5.32 Å². The van der Waals surface area contributed by atoms with E-state index < -0.39 is 0 Å². The van der Waals surface area contributed by atoms with Gasteiger partial charge < -0.3 is 10.4 Å². The van der Waals surface area contributed by atoms with Crippen LogP contribution in [0, 0.1) is 0 Å². The number of nitrogens with one attached hydrogen (secondary N) is 1. The van der Waals surface area contributed by atoms with Crippen molar-refractivity contribution in [2.24, 2.45) is 0 Å². The molecule has 94 valence electrons. The van der Waals surface area contributed by atoms with Gasteiger partial charge in [-0.05, 0) is 12.8 Å². The third-order valence-electron chi connectivity index (χ3n) is 2.72. The van der Waals surface area contributed by atoms with Crippen LogP contribution >= 0.6 is 23.1 Å². The Morgan fingerprint density at radius 3 is 3.06 bits per heavy atom. The fourth-order valence-electron chi connectivity index (χ4n) is 1.83. The maximum Gasteiger partial charge on any atom is 0.206 e. The van der Waals surface area contributed by atoms with Gasteiger partial charge in [-0.3, -0.25) is 0 Å². The van der Waals surface area contributed by atoms with E-state index in [1.165, 1.54) is 17.8 Å². The summed E-state index contributed by atoms with van der Waals surface area (Å²) in [6, 6.07) is 0. The van der Waals surface area contributed by atoms with Crippen LogP contribution in [0.25, 0.3) is 0 Å². The van der Waals surface area contributed by atoms with Gasteiger partial charge in [-0.1, -0.05) is 42.0 Å². The normalized spacial score (nSPS) is 24.5. The first kappa shape index (κ1) is 12.9. The molecule has 2 N–H and O–H groups in total. The molecule has 0 bridgehead atoms. The minimum absolute atomic E-state index is 0.192. The van der Waals surface area contributed by atoms with Crippen LogP contribution in [0.2, 0.25) is 0 Å². The molecule has 0 aliphatic heterocycles. The molecule has 1 heterocycles. The zero-order valence-corrected chi connectivity index (χ0v) is 11.3. The number of nitrogens with zero attached hydrogens (tertiary/aromatic N) is 2. The van der Waals surface area contributed by atoms with E-state index in [0.717, 1.165) is 28.7 Å². The van der Waals surface area contributed by atoms with Gasteiger partial charge in [0.05, 0.1) is 6.10 Å². The number of aliphatic hydroxyl groups excluding tert-OH is 1. The van der Waals surface area contributed by atoms with Crippen LogP contribution in [-0.2, 0) is 0 Å². The molecule has 0 radical (unpaired) electrons. The molecular formula is C11H17N3OS2. The molecule has 1 fully saturated rings. The predicted octanol–water partition coefficient (Wildman–Crippen LogP) is 2.53. The second-order valence-electron chi connectivity index (χ2n) is 4.05. The van der Waals surface area contributed by atoms with Crippen molar-refractivity contribution in [1.82, 2.24) is 10.2 Å². The van der Waals surface area contributed by atoms with Gasteiger partial charge in [0.15, 0.2) is 4.34 Å². The molecule has 0 spiro atoms. The van der Waals surface area contributed by atoms with Crippen molar-refractivity contribution in [3.05, 3.63) is 12.7 Å². The van der Waals surface area contributed by atoms with E-state index in [2.05, 4.69) is 22.1 Å². The number of rotatable bonds is 5. The third-order valence-corrected chi connectivity index (χ3v) is 5.07. The summed E-state index contributed by atoms with van der Waals surface area (Å²) >= 11 is 3.20. The molecule has 17 heavy (non-hydrogen) atoms. The number of anilines is 1. The Hall–Kier alpha value is -0.590. The fourth-order valence-corrected chi connectivity index (χ4v) is 4.04. The molecule has 2 atom stereocenters. The molecule has 1 aromatic rings. The van der Waals surface area contributed by atoms with Crippen molar-refractivity contribution >= 4 is 28.2 Å². The summed E-state index contributed by atoms with van der Waals surface area (Å²) in [6.07, 6.45) is 5.93. The second kappa shape index (κ2) is 6.37. The van der Waals surface area contributed by atoms with Crippen LogP contribution in [0.5, 0.6) is 0 Å². The van der Waals surface area contributed by atoms with Crippen LogP contribution in [0.3, 0.4) is 0 Å². The maximum absolute atomic E-state index is 9.89. The van der Waals surface area contributed by atoms with E-state index in [0.29, 0.717) is 6.54 Å². The highest BCUT2D eigenvalue weighted by atomic mass is 32.2. The number of thioether (sulfide) groups is 1. The van der Waals surface area contributed by atoms with Crippen molar-refractivity contribution in [3.63, 3.8) is 0 Å². The van der Waals surface area contributed by atoms with E-state index in [-0.39, 0.29) is 11.4 Å². The summed E-state index contributed by atoms with van der Waals surface area (Å²) in [5.41, 5.74) is 0. The van der Waals surface area contributed by atoms with Crippen molar-refractivity contribution in [3.8, 4) is 0 Å². The van der Waals surface area contributed by atoms with E-state index in [9.17, 15) is 5.11 Å². The number of aromatic nitrogens is 2. The van der Waals surface area contributed by atoms with E-state index >= 15 is 0 Å². The SMILES string of the molecule is C=CCNc1nnc(S[C@@H]2CCCC[C@H]2O)s1. The highest BCUT2D eigenvalue weighted by Gasteiger charge is 2.25. The molecule has 1 aromatic heterocycles. The lowest BCUT2D eigenvalue weighted by atomic mass is 9.97. The molecule has 2 rings (SSSR count). The summed E-state index contributed by atoms with van der Waals surface area (Å²) in [7, 11) is 0. The van der Waals surface area contributed by atoms with Crippen LogP contribution in [0.4, 0.5) is 5.13 Å². The zero-order chi connectivity index (χ0) is 12.1. The van der Waals surface area contributed by atoms with Crippen molar-refractivity contribution in [2.75, 3.05) is 11.9 Å². The molecule has 0 saturated heterocycles. The Labute approximate surface area is 110 Å². The Morgan fingerprint density at radius 1 is 1.47 bits per heavy atom. The van der Waals surface area contributed by atoms with Crippen molar-refractivity contribution in [2.45, 2.75) is 41.4 Å². The van der Waals surface area contributed by atoms with Crippen LogP contribution in [0.1, 0.15) is 25.7 Å². The Bertz CT molecular complexity index is 369. The highest BCUT2D eigenvalue weighted by molar-refractivity contribution is 8.01. The van der Waals surface area contributed by atoms with Gasteiger partial charge in [0, 0.05) is 11.8 Å². The maximum atomic E-state index is 9.89. The first-order valence-corrected chi connectivity index (χ1v) is 7.52. The van der Waals surface area contributed by atoms with E-state index in [1.807, 2.05) is 0 Å². The van der Waals surface area contributed by atoms with Gasteiger partial charge in [0.2, 0.25) is 5.13 Å². The number of hydrogen-bond acceptors (Lipinski definition) is 6. The lowest BCUT2D eigenvalue weighted by molar-refractivity contribution is 0.137. The van der Waals surface area contributed by atoms with Crippen molar-refractivity contribution in [1.29, 1.82) is 0 Å². The molecule has 1 aliphatic carbocycles. The summed E-state index contributed by atoms with van der Waals surface area (Å²) < 4.78 is 0.933. The van der Waals surface area contributed by atoms with Gasteiger partial charge in [-0.15, -0.1) is 16.8 Å². The summed E-state index contributed by atoms with van der Waals surface area (Å²) in [5.74, 6) is 0. The lowest BCUT2D eigenvalue weighted by Crippen LogP contribution is -2.26. The quantitative estimate of drug-likeness (QED) is 0.806. The topological polar surface area (TPSA) is 58.0 Å². The largest absolute Gasteiger partial charge is 0.392 e. The number of hydrogen-bond donors (Lipinski definition) is 2. The van der Waals surface area contributed by atoms with Gasteiger partial charge in [0.1, 0.15) is 0 Å². The van der Waals surface area contributed by atoms with E-state index in [1.54, 1.807) is 17.8 Å². The lowest BCUT2D eigenvalue weighted by Gasteiger charge is -2.25. The molecular weight excluding hydrogens is 254 g/mol. The average molecular weight is 271 g/mol. The first-order valence-electron chi connectivity index (χ1n) is 5.82. The van der Waals surface area contributed by atoms with Crippen LogP contribution in [-0.4, -0.2) is 33.2 Å². The van der Waals surface area contributed by atoms with Gasteiger partial charge >= 0.3 is 0 Å². The molecule has 1 aliphatic rings. The van der Waals surface area contributed by atoms with Gasteiger partial charge in [0.25, 0.3) is 0 Å². The Balaban J connectivity index is 1.89. The molecule has 0 aromatic carbocycles. The van der Waals surface area contributed by atoms with Gasteiger partial charge in [-0.2, -0.15) is 0 Å². The smallest absolute Gasteiger partial charge is 0.206 e. The Kier molecular flexibility index (Phi) is 4.82. The fraction of sp³-hybridized carbons (Fsp3) is 0.636. The minimum atomic E-state index is -0.192. The Morgan fingerprint density at radius 2 is 2.29 bits per heavy atom. The summed E-state index contributed by atoms with van der Waals surface area (Å²) in [4.78, 5) is 0. The highest BCUT2D eigenvalue weighted by Crippen LogP contribution is 2.36. The summed E-state index contributed by atoms with van der Waals surface area (Å²) in [6.45, 7) is 4.34.